The van der Waals surface area contributed by atoms with E-state index in [1.807, 2.05) is 13.8 Å². The summed E-state index contributed by atoms with van der Waals surface area (Å²) < 4.78 is 10.5. The normalized spacial score (nSPS) is 11.6. The molecule has 0 bridgehead atoms. The second-order valence-electron chi connectivity index (χ2n) is 4.86. The molecule has 2 rings (SSSR count). The van der Waals surface area contributed by atoms with Crippen LogP contribution in [0.25, 0.3) is 11.4 Å². The number of methoxy groups -OCH3 is 1. The van der Waals surface area contributed by atoms with Gasteiger partial charge in [-0.3, -0.25) is 0 Å². The van der Waals surface area contributed by atoms with E-state index in [4.69, 9.17) is 26.6 Å². The summed E-state index contributed by atoms with van der Waals surface area (Å²) in [5.74, 6) is 1.57. The van der Waals surface area contributed by atoms with Crippen molar-refractivity contribution in [3.8, 4) is 17.1 Å². The monoisotopic (exact) mass is 281 g/mol. The summed E-state index contributed by atoms with van der Waals surface area (Å²) in [5.41, 5.74) is 6.07. The molecule has 0 radical (unpaired) electrons. The molecule has 19 heavy (non-hydrogen) atoms. The third kappa shape index (κ3) is 2.72. The van der Waals surface area contributed by atoms with Crippen LogP contribution in [0.15, 0.2) is 22.7 Å². The van der Waals surface area contributed by atoms with Gasteiger partial charge in [0.1, 0.15) is 5.75 Å². The van der Waals surface area contributed by atoms with Crippen LogP contribution < -0.4 is 10.5 Å². The highest BCUT2D eigenvalue weighted by Gasteiger charge is 2.26. The van der Waals surface area contributed by atoms with Crippen molar-refractivity contribution in [2.75, 3.05) is 13.7 Å². The molecule has 5 nitrogen and oxygen atoms in total. The number of ether oxygens (including phenoxy) is 1. The third-order valence-electron chi connectivity index (χ3n) is 2.92. The largest absolute Gasteiger partial charge is 0.496 e. The number of nitrogens with zero attached hydrogens (tertiary/aromatic N) is 2. The van der Waals surface area contributed by atoms with Crippen LogP contribution >= 0.6 is 11.6 Å². The highest BCUT2D eigenvalue weighted by molar-refractivity contribution is 6.30. The summed E-state index contributed by atoms with van der Waals surface area (Å²) in [5, 5.41) is 4.56. The van der Waals surface area contributed by atoms with Crippen LogP contribution in [-0.4, -0.2) is 23.8 Å². The van der Waals surface area contributed by atoms with Crippen molar-refractivity contribution in [3.63, 3.8) is 0 Å². The number of halogens is 1. The smallest absolute Gasteiger partial charge is 0.233 e. The first kappa shape index (κ1) is 13.8. The number of hydrogen-bond acceptors (Lipinski definition) is 5. The molecule has 1 aromatic carbocycles. The lowest BCUT2D eigenvalue weighted by Crippen LogP contribution is -2.28. The minimum Gasteiger partial charge on any atom is -0.496 e. The molecular formula is C13H16ClN3O2. The van der Waals surface area contributed by atoms with Crippen molar-refractivity contribution in [1.82, 2.24) is 10.1 Å². The van der Waals surface area contributed by atoms with Gasteiger partial charge < -0.3 is 15.0 Å². The lowest BCUT2D eigenvalue weighted by molar-refractivity contribution is 0.311. The zero-order valence-electron chi connectivity index (χ0n) is 11.1. The number of rotatable bonds is 4. The van der Waals surface area contributed by atoms with Crippen LogP contribution in [0, 0.1) is 0 Å². The maximum Gasteiger partial charge on any atom is 0.233 e. The molecule has 0 spiro atoms. The Morgan fingerprint density at radius 1 is 1.42 bits per heavy atom. The summed E-state index contributed by atoms with van der Waals surface area (Å²) in [6.45, 7) is 4.32. The van der Waals surface area contributed by atoms with Gasteiger partial charge in [-0.25, -0.2) is 0 Å². The Morgan fingerprint density at radius 3 is 2.79 bits per heavy atom. The van der Waals surface area contributed by atoms with E-state index in [1.165, 1.54) is 0 Å². The van der Waals surface area contributed by atoms with Crippen LogP contribution in [-0.2, 0) is 5.41 Å². The molecule has 0 unspecified atom stereocenters. The molecule has 0 amide bonds. The summed E-state index contributed by atoms with van der Waals surface area (Å²) >= 11 is 5.92. The van der Waals surface area contributed by atoms with E-state index in [2.05, 4.69) is 10.1 Å². The fourth-order valence-electron chi connectivity index (χ4n) is 1.54. The highest BCUT2D eigenvalue weighted by Crippen LogP contribution is 2.31. The van der Waals surface area contributed by atoms with Crippen LogP contribution in [0.4, 0.5) is 0 Å². The van der Waals surface area contributed by atoms with E-state index < -0.39 is 0 Å². The van der Waals surface area contributed by atoms with Crippen molar-refractivity contribution in [2.45, 2.75) is 19.3 Å². The van der Waals surface area contributed by atoms with Gasteiger partial charge in [0.15, 0.2) is 0 Å². The molecule has 6 heteroatoms. The molecule has 2 aromatic rings. The Balaban J connectivity index is 2.44. The van der Waals surface area contributed by atoms with Gasteiger partial charge in [0.25, 0.3) is 0 Å². The van der Waals surface area contributed by atoms with Gasteiger partial charge in [-0.1, -0.05) is 16.8 Å². The van der Waals surface area contributed by atoms with Crippen molar-refractivity contribution < 1.29 is 9.26 Å². The first-order valence-electron chi connectivity index (χ1n) is 5.86. The number of nitrogens with two attached hydrogens (primary N) is 1. The average molecular weight is 282 g/mol. The quantitative estimate of drug-likeness (QED) is 0.932. The molecule has 0 aliphatic heterocycles. The van der Waals surface area contributed by atoms with Crippen molar-refractivity contribution >= 4 is 11.6 Å². The Bertz CT molecular complexity index is 581. The second-order valence-corrected chi connectivity index (χ2v) is 5.29. The maximum atomic E-state index is 5.92. The molecule has 0 aliphatic rings. The second kappa shape index (κ2) is 5.19. The topological polar surface area (TPSA) is 74.2 Å². The molecule has 1 aromatic heterocycles. The van der Waals surface area contributed by atoms with Gasteiger partial charge in [0.05, 0.1) is 18.1 Å². The molecule has 0 aliphatic carbocycles. The summed E-state index contributed by atoms with van der Waals surface area (Å²) in [6, 6.07) is 5.26. The zero-order valence-corrected chi connectivity index (χ0v) is 11.9. The fraction of sp³-hybridized carbons (Fsp3) is 0.385. The van der Waals surface area contributed by atoms with Crippen molar-refractivity contribution in [3.05, 3.63) is 29.1 Å². The number of hydrogen-bond donors (Lipinski definition) is 1. The SMILES string of the molecule is COc1cc(Cl)ccc1-c1noc(C(C)(C)CN)n1. The summed E-state index contributed by atoms with van der Waals surface area (Å²) in [6.07, 6.45) is 0. The van der Waals surface area contributed by atoms with E-state index in [-0.39, 0.29) is 5.41 Å². The Hall–Kier alpha value is -1.59. The van der Waals surface area contributed by atoms with Gasteiger partial charge >= 0.3 is 0 Å². The standard InChI is InChI=1S/C13H16ClN3O2/c1-13(2,7-15)12-16-11(17-19-12)9-5-4-8(14)6-10(9)18-3/h4-6H,7,15H2,1-3H3. The van der Waals surface area contributed by atoms with Crippen LogP contribution in [0.1, 0.15) is 19.7 Å². The minimum atomic E-state index is -0.356. The van der Waals surface area contributed by atoms with E-state index in [0.717, 1.165) is 5.56 Å². The zero-order chi connectivity index (χ0) is 14.0. The summed E-state index contributed by atoms with van der Waals surface area (Å²) in [4.78, 5) is 4.38. The average Bonchev–Trinajstić information content (AvgIpc) is 2.88. The predicted octanol–water partition coefficient (Wildman–Crippen LogP) is 2.63. The van der Waals surface area contributed by atoms with Crippen LogP contribution in [0.2, 0.25) is 5.02 Å². The van der Waals surface area contributed by atoms with Gasteiger partial charge in [0.2, 0.25) is 11.7 Å². The van der Waals surface area contributed by atoms with E-state index in [9.17, 15) is 0 Å². The van der Waals surface area contributed by atoms with Gasteiger partial charge in [-0.15, -0.1) is 0 Å². The van der Waals surface area contributed by atoms with E-state index in [1.54, 1.807) is 25.3 Å². The fourth-order valence-corrected chi connectivity index (χ4v) is 1.71. The number of aromatic nitrogens is 2. The molecule has 0 saturated carbocycles. The predicted molar refractivity (Wildman–Crippen MR) is 73.4 cm³/mol. The molecule has 0 fully saturated rings. The Labute approximate surface area is 116 Å². The van der Waals surface area contributed by atoms with Crippen LogP contribution in [0.3, 0.4) is 0 Å². The summed E-state index contributed by atoms with van der Waals surface area (Å²) in [7, 11) is 1.57. The lowest BCUT2D eigenvalue weighted by Gasteiger charge is -2.15. The molecule has 1 heterocycles. The van der Waals surface area contributed by atoms with E-state index in [0.29, 0.717) is 29.0 Å². The minimum absolute atomic E-state index is 0.356. The first-order chi connectivity index (χ1) is 8.97. The Kier molecular flexibility index (Phi) is 3.78. The van der Waals surface area contributed by atoms with E-state index >= 15 is 0 Å². The molecule has 0 saturated heterocycles. The first-order valence-corrected chi connectivity index (χ1v) is 6.24. The van der Waals surface area contributed by atoms with Crippen molar-refractivity contribution in [2.24, 2.45) is 5.73 Å². The van der Waals surface area contributed by atoms with Gasteiger partial charge in [-0.2, -0.15) is 4.98 Å². The van der Waals surface area contributed by atoms with Crippen LogP contribution in [0.5, 0.6) is 5.75 Å². The Morgan fingerprint density at radius 2 is 2.16 bits per heavy atom. The highest BCUT2D eigenvalue weighted by atomic mass is 35.5. The van der Waals surface area contributed by atoms with Crippen molar-refractivity contribution in [1.29, 1.82) is 0 Å². The maximum absolute atomic E-state index is 5.92. The van der Waals surface area contributed by atoms with Gasteiger partial charge in [0, 0.05) is 11.6 Å². The number of benzene rings is 1. The third-order valence-corrected chi connectivity index (χ3v) is 3.15. The molecule has 102 valence electrons. The molecular weight excluding hydrogens is 266 g/mol. The molecule has 2 N–H and O–H groups in total. The lowest BCUT2D eigenvalue weighted by atomic mass is 9.94. The van der Waals surface area contributed by atoms with Gasteiger partial charge in [-0.05, 0) is 32.0 Å². The molecule has 0 atom stereocenters.